The number of allylic oxidation sites excluding steroid dienone is 1. The van der Waals surface area contributed by atoms with Gasteiger partial charge in [-0.1, -0.05) is 17.4 Å². The Kier molecular flexibility index (Phi) is 6.54. The molecule has 1 N–H and O–H groups in total. The van der Waals surface area contributed by atoms with Gasteiger partial charge in [-0.05, 0) is 71.7 Å². The molecule has 0 radical (unpaired) electrons. The third kappa shape index (κ3) is 4.02. The quantitative estimate of drug-likeness (QED) is 0.369. The molecule has 2 aromatic heterocycles. The first-order chi connectivity index (χ1) is 15.3. The molecule has 0 fully saturated rings. The lowest BCUT2D eigenvalue weighted by Crippen LogP contribution is -2.39. The normalized spacial score (nSPS) is 16.0. The Balaban J connectivity index is 1.93. The molecule has 1 aliphatic rings. The number of carbonyl (C=O) groups excluding carboxylic acids is 1. The second-order valence-electron chi connectivity index (χ2n) is 6.87. The Bertz CT molecular complexity index is 1400. The first kappa shape index (κ1) is 22.7. The smallest absolute Gasteiger partial charge is 0.338 e. The number of fused-ring (bicyclic) bond motifs is 1. The van der Waals surface area contributed by atoms with Gasteiger partial charge in [0.25, 0.3) is 5.56 Å². The van der Waals surface area contributed by atoms with E-state index in [1.165, 1.54) is 29.8 Å². The van der Waals surface area contributed by atoms with E-state index in [0.717, 1.165) is 4.88 Å². The highest BCUT2D eigenvalue weighted by molar-refractivity contribution is 14.1. The molecule has 0 unspecified atom stereocenters. The summed E-state index contributed by atoms with van der Waals surface area (Å²) >= 11 is 4.74. The van der Waals surface area contributed by atoms with E-state index in [9.17, 15) is 14.7 Å². The van der Waals surface area contributed by atoms with Gasteiger partial charge in [0.15, 0.2) is 16.3 Å². The van der Waals surface area contributed by atoms with Gasteiger partial charge in [-0.3, -0.25) is 9.36 Å². The van der Waals surface area contributed by atoms with Crippen LogP contribution in [0.25, 0.3) is 6.08 Å². The van der Waals surface area contributed by atoms with Crippen LogP contribution in [0.2, 0.25) is 0 Å². The number of carbonyl (C=O) groups is 1. The van der Waals surface area contributed by atoms with Crippen LogP contribution in [0.3, 0.4) is 0 Å². The standard InChI is InChI=1S/C22H19IN2O5S2/c1-4-30-21(28)17-11(2)24-22-25(18(17)15-6-5-7-31-15)20(27)16(32-22)10-12-8-13(23)19(26)14(9-12)29-3/h5-10,18,26H,4H2,1-3H3/b16-10+/t18-/m1/s1. The second kappa shape index (κ2) is 9.20. The number of hydrogen-bond donors (Lipinski definition) is 1. The van der Waals surface area contributed by atoms with Crippen molar-refractivity contribution in [1.29, 1.82) is 0 Å². The minimum atomic E-state index is -0.595. The number of aromatic hydroxyl groups is 1. The molecule has 10 heteroatoms. The maximum Gasteiger partial charge on any atom is 0.338 e. The second-order valence-corrected chi connectivity index (χ2v) is 10.0. The van der Waals surface area contributed by atoms with Crippen molar-refractivity contribution in [3.63, 3.8) is 0 Å². The zero-order valence-corrected chi connectivity index (χ0v) is 21.2. The number of rotatable bonds is 5. The number of nitrogens with zero attached hydrogens (tertiary/aromatic N) is 2. The molecule has 4 rings (SSSR count). The zero-order chi connectivity index (χ0) is 23.0. The van der Waals surface area contributed by atoms with Crippen molar-refractivity contribution in [1.82, 2.24) is 4.57 Å². The highest BCUT2D eigenvalue weighted by atomic mass is 127. The van der Waals surface area contributed by atoms with E-state index in [-0.39, 0.29) is 17.9 Å². The molecule has 0 aliphatic carbocycles. The Morgan fingerprint density at radius 2 is 2.19 bits per heavy atom. The molecule has 1 atom stereocenters. The van der Waals surface area contributed by atoms with Crippen LogP contribution in [0.5, 0.6) is 11.5 Å². The van der Waals surface area contributed by atoms with Gasteiger partial charge >= 0.3 is 5.97 Å². The summed E-state index contributed by atoms with van der Waals surface area (Å²) in [5.41, 5.74) is 1.37. The van der Waals surface area contributed by atoms with Gasteiger partial charge in [-0.25, -0.2) is 9.79 Å². The van der Waals surface area contributed by atoms with Crippen LogP contribution in [0.1, 0.15) is 30.3 Å². The molecular formula is C22H19IN2O5S2. The number of hydrogen-bond acceptors (Lipinski definition) is 8. The molecule has 32 heavy (non-hydrogen) atoms. The van der Waals surface area contributed by atoms with Crippen molar-refractivity contribution < 1.29 is 19.4 Å². The molecule has 0 amide bonds. The lowest BCUT2D eigenvalue weighted by molar-refractivity contribution is -0.139. The Morgan fingerprint density at radius 1 is 1.41 bits per heavy atom. The fraction of sp³-hybridized carbons (Fsp3) is 0.227. The number of aromatic nitrogens is 1. The number of thiazole rings is 1. The van der Waals surface area contributed by atoms with Gasteiger partial charge in [0.05, 0.1) is 33.1 Å². The number of phenols is 1. The van der Waals surface area contributed by atoms with E-state index in [0.29, 0.717) is 35.5 Å². The predicted octanol–water partition coefficient (Wildman–Crippen LogP) is 3.18. The number of esters is 1. The van der Waals surface area contributed by atoms with E-state index in [1.807, 2.05) is 40.1 Å². The van der Waals surface area contributed by atoms with Crippen LogP contribution in [0.4, 0.5) is 0 Å². The summed E-state index contributed by atoms with van der Waals surface area (Å²) in [4.78, 5) is 32.2. The molecule has 166 valence electrons. The lowest BCUT2D eigenvalue weighted by atomic mass is 10.0. The van der Waals surface area contributed by atoms with Crippen molar-refractivity contribution in [2.24, 2.45) is 4.99 Å². The third-order valence-electron chi connectivity index (χ3n) is 4.90. The number of methoxy groups -OCH3 is 1. The molecular weight excluding hydrogens is 563 g/mol. The summed E-state index contributed by atoms with van der Waals surface area (Å²) in [7, 11) is 1.48. The van der Waals surface area contributed by atoms with E-state index in [4.69, 9.17) is 9.47 Å². The Morgan fingerprint density at radius 3 is 2.84 bits per heavy atom. The first-order valence-electron chi connectivity index (χ1n) is 9.65. The van der Waals surface area contributed by atoms with Crippen LogP contribution < -0.4 is 19.6 Å². The summed E-state index contributed by atoms with van der Waals surface area (Å²) in [6, 6.07) is 6.63. The molecule has 0 saturated heterocycles. The van der Waals surface area contributed by atoms with E-state index in [1.54, 1.807) is 36.6 Å². The number of thiophene rings is 1. The average Bonchev–Trinajstić information content (AvgIpc) is 3.38. The molecule has 1 aliphatic heterocycles. The molecule has 7 nitrogen and oxygen atoms in total. The average molecular weight is 582 g/mol. The monoisotopic (exact) mass is 582 g/mol. The van der Waals surface area contributed by atoms with Gasteiger partial charge in [-0.2, -0.15) is 0 Å². The van der Waals surface area contributed by atoms with Crippen LogP contribution in [0.15, 0.2) is 50.7 Å². The van der Waals surface area contributed by atoms with E-state index in [2.05, 4.69) is 4.99 Å². The van der Waals surface area contributed by atoms with Gasteiger partial charge in [0, 0.05) is 4.88 Å². The summed E-state index contributed by atoms with van der Waals surface area (Å²) in [6.07, 6.45) is 1.74. The van der Waals surface area contributed by atoms with Gasteiger partial charge in [-0.15, -0.1) is 11.3 Å². The molecule has 3 heterocycles. The first-order valence-corrected chi connectivity index (χ1v) is 12.4. The fourth-order valence-electron chi connectivity index (χ4n) is 3.49. The molecule has 0 spiro atoms. The van der Waals surface area contributed by atoms with Crippen molar-refractivity contribution in [3.8, 4) is 11.5 Å². The number of benzene rings is 1. The van der Waals surface area contributed by atoms with Crippen molar-refractivity contribution >= 4 is 57.3 Å². The fourth-order valence-corrected chi connectivity index (χ4v) is 5.99. The highest BCUT2D eigenvalue weighted by Gasteiger charge is 2.33. The van der Waals surface area contributed by atoms with Crippen LogP contribution in [-0.2, 0) is 9.53 Å². The van der Waals surface area contributed by atoms with Gasteiger partial charge in [0.1, 0.15) is 6.04 Å². The van der Waals surface area contributed by atoms with Crippen molar-refractivity contribution in [2.45, 2.75) is 19.9 Å². The molecule has 0 bridgehead atoms. The minimum Gasteiger partial charge on any atom is -0.504 e. The van der Waals surface area contributed by atoms with E-state index >= 15 is 0 Å². The summed E-state index contributed by atoms with van der Waals surface area (Å²) < 4.78 is 13.1. The lowest BCUT2D eigenvalue weighted by Gasteiger charge is -2.23. The largest absolute Gasteiger partial charge is 0.504 e. The summed E-state index contributed by atoms with van der Waals surface area (Å²) in [6.45, 7) is 3.74. The number of halogens is 1. The molecule has 0 saturated carbocycles. The van der Waals surface area contributed by atoms with Gasteiger partial charge < -0.3 is 14.6 Å². The van der Waals surface area contributed by atoms with E-state index < -0.39 is 12.0 Å². The Labute approximate surface area is 205 Å². The SMILES string of the molecule is CCOC(=O)C1=C(C)N=c2s/c(=C/c3cc(I)c(O)c(OC)c3)c(=O)n2[C@@H]1c1cccs1. The molecule has 1 aromatic carbocycles. The topological polar surface area (TPSA) is 90.1 Å². The minimum absolute atomic E-state index is 0.0547. The Hall–Kier alpha value is -2.44. The predicted molar refractivity (Wildman–Crippen MR) is 132 cm³/mol. The maximum absolute atomic E-state index is 13.5. The zero-order valence-electron chi connectivity index (χ0n) is 17.4. The highest BCUT2D eigenvalue weighted by Crippen LogP contribution is 2.34. The number of phenolic OH excluding ortho intramolecular Hbond substituents is 1. The van der Waals surface area contributed by atoms with Crippen molar-refractivity contribution in [3.05, 3.63) is 74.6 Å². The van der Waals surface area contributed by atoms with Crippen LogP contribution >= 0.6 is 45.3 Å². The van der Waals surface area contributed by atoms with Gasteiger partial charge in [0.2, 0.25) is 0 Å². The third-order valence-corrected chi connectivity index (χ3v) is 7.63. The van der Waals surface area contributed by atoms with Crippen molar-refractivity contribution in [2.75, 3.05) is 13.7 Å². The number of ether oxygens (including phenoxy) is 2. The molecule has 3 aromatic rings. The summed E-state index contributed by atoms with van der Waals surface area (Å²) in [5.74, 6) is -0.0915. The maximum atomic E-state index is 13.5. The summed E-state index contributed by atoms with van der Waals surface area (Å²) in [5, 5.41) is 12.0. The van der Waals surface area contributed by atoms with Crippen LogP contribution in [-0.4, -0.2) is 29.4 Å². The van der Waals surface area contributed by atoms with Crippen LogP contribution in [0, 0.1) is 3.57 Å².